The fraction of sp³-hybridized carbons (Fsp3) is 0.529. The Morgan fingerprint density at radius 1 is 1.17 bits per heavy atom. The minimum atomic E-state index is -0.477. The smallest absolute Gasteiger partial charge is 0.248 e. The number of halogens is 1. The van der Waals surface area contributed by atoms with Crippen LogP contribution in [0.15, 0.2) is 18.2 Å². The van der Waals surface area contributed by atoms with Crippen molar-refractivity contribution in [2.24, 2.45) is 11.7 Å². The number of primary amides is 1. The van der Waals surface area contributed by atoms with Crippen molar-refractivity contribution in [3.63, 3.8) is 0 Å². The molecule has 6 nitrogen and oxygen atoms in total. The molecule has 132 valence electrons. The second kappa shape index (κ2) is 8.35. The van der Waals surface area contributed by atoms with Crippen molar-refractivity contribution in [1.82, 2.24) is 5.32 Å². The van der Waals surface area contributed by atoms with E-state index in [-0.39, 0.29) is 24.2 Å². The van der Waals surface area contributed by atoms with E-state index in [9.17, 15) is 9.59 Å². The normalized spacial score (nSPS) is 18.1. The molecular weight excluding hydrogens is 328 g/mol. The fourth-order valence-electron chi connectivity index (χ4n) is 3.34. The average Bonchev–Trinajstić information content (AvgIpc) is 3.09. The fourth-order valence-corrected chi connectivity index (χ4v) is 3.34. The molecule has 24 heavy (non-hydrogen) atoms. The summed E-state index contributed by atoms with van der Waals surface area (Å²) >= 11 is 0. The van der Waals surface area contributed by atoms with Crippen molar-refractivity contribution in [2.75, 3.05) is 36.4 Å². The molecule has 2 heterocycles. The Hall–Kier alpha value is -1.79. The Labute approximate surface area is 148 Å². The molecule has 2 aliphatic rings. The van der Waals surface area contributed by atoms with Crippen LogP contribution in [0.1, 0.15) is 36.0 Å². The molecule has 2 amide bonds. The lowest BCUT2D eigenvalue weighted by Crippen LogP contribution is -2.35. The lowest BCUT2D eigenvalue weighted by molar-refractivity contribution is -0.120. The lowest BCUT2D eigenvalue weighted by Gasteiger charge is -2.25. The Balaban J connectivity index is 0.00000208. The van der Waals surface area contributed by atoms with E-state index in [0.29, 0.717) is 11.3 Å². The maximum atomic E-state index is 12.5. The van der Waals surface area contributed by atoms with Gasteiger partial charge in [-0.25, -0.2) is 0 Å². The van der Waals surface area contributed by atoms with Crippen LogP contribution < -0.4 is 21.3 Å². The van der Waals surface area contributed by atoms with Crippen molar-refractivity contribution >= 4 is 35.6 Å². The summed E-state index contributed by atoms with van der Waals surface area (Å²) in [7, 11) is 0. The van der Waals surface area contributed by atoms with Crippen molar-refractivity contribution in [3.05, 3.63) is 23.8 Å². The number of hydrogen-bond donors (Lipinski definition) is 3. The second-order valence-corrected chi connectivity index (χ2v) is 6.30. The Morgan fingerprint density at radius 3 is 2.46 bits per heavy atom. The molecule has 0 saturated carbocycles. The highest BCUT2D eigenvalue weighted by Crippen LogP contribution is 2.31. The first-order chi connectivity index (χ1) is 11.1. The lowest BCUT2D eigenvalue weighted by atomic mass is 9.97. The van der Waals surface area contributed by atoms with Gasteiger partial charge < -0.3 is 21.3 Å². The molecule has 0 atom stereocenters. The zero-order valence-corrected chi connectivity index (χ0v) is 14.5. The van der Waals surface area contributed by atoms with Gasteiger partial charge in [0.1, 0.15) is 0 Å². The Bertz CT molecular complexity index is 596. The summed E-state index contributed by atoms with van der Waals surface area (Å²) < 4.78 is 0. The topological polar surface area (TPSA) is 87.5 Å². The number of anilines is 2. The molecule has 0 spiro atoms. The summed E-state index contributed by atoms with van der Waals surface area (Å²) in [6.45, 7) is 3.70. The van der Waals surface area contributed by atoms with E-state index >= 15 is 0 Å². The predicted octanol–water partition coefficient (Wildman–Crippen LogP) is 1.75. The number of carbonyl (C=O) groups excluding carboxylic acids is 2. The van der Waals surface area contributed by atoms with Crippen LogP contribution in [0.25, 0.3) is 0 Å². The SMILES string of the molecule is Cl.NC(=O)c1ccc(N2CCCC2)c(NC(=O)C2CCNCC2)c1. The summed E-state index contributed by atoms with van der Waals surface area (Å²) in [6.07, 6.45) is 4.00. The number of nitrogens with zero attached hydrogens (tertiary/aromatic N) is 1. The van der Waals surface area contributed by atoms with E-state index < -0.39 is 5.91 Å². The van der Waals surface area contributed by atoms with Crippen molar-refractivity contribution in [2.45, 2.75) is 25.7 Å². The molecule has 2 aliphatic heterocycles. The summed E-state index contributed by atoms with van der Waals surface area (Å²) in [5.74, 6) is -0.413. The molecule has 4 N–H and O–H groups in total. The zero-order chi connectivity index (χ0) is 16.2. The van der Waals surface area contributed by atoms with Gasteiger partial charge in [0.15, 0.2) is 0 Å². The van der Waals surface area contributed by atoms with Crippen LogP contribution in [0.2, 0.25) is 0 Å². The number of nitrogens with two attached hydrogens (primary N) is 1. The molecular formula is C17H25ClN4O2. The maximum Gasteiger partial charge on any atom is 0.248 e. The molecule has 0 aromatic heterocycles. The molecule has 1 aromatic rings. The minimum Gasteiger partial charge on any atom is -0.370 e. The first kappa shape index (κ1) is 18.5. The predicted molar refractivity (Wildman–Crippen MR) is 97.9 cm³/mol. The van der Waals surface area contributed by atoms with E-state index in [4.69, 9.17) is 5.73 Å². The summed E-state index contributed by atoms with van der Waals surface area (Å²) in [6, 6.07) is 5.33. The first-order valence-electron chi connectivity index (χ1n) is 8.35. The zero-order valence-electron chi connectivity index (χ0n) is 13.7. The number of piperidine rings is 1. The number of hydrogen-bond acceptors (Lipinski definition) is 4. The van der Waals surface area contributed by atoms with Crippen LogP contribution in [-0.4, -0.2) is 38.0 Å². The van der Waals surface area contributed by atoms with Gasteiger partial charge in [0.05, 0.1) is 11.4 Å². The van der Waals surface area contributed by atoms with E-state index in [0.717, 1.165) is 57.5 Å². The van der Waals surface area contributed by atoms with Gasteiger partial charge in [0.25, 0.3) is 0 Å². The number of carbonyl (C=O) groups is 2. The van der Waals surface area contributed by atoms with Crippen LogP contribution in [0.5, 0.6) is 0 Å². The van der Waals surface area contributed by atoms with Gasteiger partial charge in [-0.1, -0.05) is 0 Å². The minimum absolute atomic E-state index is 0. The molecule has 2 fully saturated rings. The van der Waals surface area contributed by atoms with Gasteiger partial charge in [-0.2, -0.15) is 0 Å². The number of amides is 2. The molecule has 0 radical (unpaired) electrons. The maximum absolute atomic E-state index is 12.5. The molecule has 3 rings (SSSR count). The number of rotatable bonds is 4. The quantitative estimate of drug-likeness (QED) is 0.770. The molecule has 0 unspecified atom stereocenters. The molecule has 7 heteroatoms. The van der Waals surface area contributed by atoms with Gasteiger partial charge in [0, 0.05) is 24.6 Å². The van der Waals surface area contributed by atoms with Crippen molar-refractivity contribution in [3.8, 4) is 0 Å². The highest BCUT2D eigenvalue weighted by molar-refractivity contribution is 6.00. The summed E-state index contributed by atoms with van der Waals surface area (Å²) in [5.41, 5.74) is 7.49. The Kier molecular flexibility index (Phi) is 6.45. The second-order valence-electron chi connectivity index (χ2n) is 6.30. The third-order valence-electron chi connectivity index (χ3n) is 4.70. The molecule has 0 aliphatic carbocycles. The summed E-state index contributed by atoms with van der Waals surface area (Å²) in [4.78, 5) is 26.3. The Morgan fingerprint density at radius 2 is 1.83 bits per heavy atom. The number of nitrogens with one attached hydrogen (secondary N) is 2. The van der Waals surface area contributed by atoms with Crippen LogP contribution in [-0.2, 0) is 4.79 Å². The number of benzene rings is 1. The first-order valence-corrected chi connectivity index (χ1v) is 8.35. The largest absolute Gasteiger partial charge is 0.370 e. The average molecular weight is 353 g/mol. The molecule has 1 aromatic carbocycles. The van der Waals surface area contributed by atoms with Gasteiger partial charge >= 0.3 is 0 Å². The molecule has 2 saturated heterocycles. The van der Waals surface area contributed by atoms with Crippen LogP contribution in [0.4, 0.5) is 11.4 Å². The monoisotopic (exact) mass is 352 g/mol. The van der Waals surface area contributed by atoms with E-state index in [2.05, 4.69) is 15.5 Å². The van der Waals surface area contributed by atoms with Crippen molar-refractivity contribution < 1.29 is 9.59 Å². The molecule has 0 bridgehead atoms. The van der Waals surface area contributed by atoms with Gasteiger partial charge in [-0.3, -0.25) is 9.59 Å². The summed E-state index contributed by atoms with van der Waals surface area (Å²) in [5, 5.41) is 6.30. The van der Waals surface area contributed by atoms with E-state index in [1.807, 2.05) is 6.07 Å². The van der Waals surface area contributed by atoms with E-state index in [1.165, 1.54) is 0 Å². The van der Waals surface area contributed by atoms with Gasteiger partial charge in [0.2, 0.25) is 11.8 Å². The third-order valence-corrected chi connectivity index (χ3v) is 4.70. The third kappa shape index (κ3) is 4.19. The standard InChI is InChI=1S/C17H24N4O2.ClH/c18-16(22)13-3-4-15(21-9-1-2-10-21)14(11-13)20-17(23)12-5-7-19-8-6-12;/h3-4,11-12,19H,1-2,5-10H2,(H2,18,22)(H,20,23);1H. The highest BCUT2D eigenvalue weighted by atomic mass is 35.5. The van der Waals surface area contributed by atoms with E-state index in [1.54, 1.807) is 12.1 Å². The van der Waals surface area contributed by atoms with Crippen LogP contribution >= 0.6 is 12.4 Å². The van der Waals surface area contributed by atoms with Crippen LogP contribution in [0.3, 0.4) is 0 Å². The highest BCUT2D eigenvalue weighted by Gasteiger charge is 2.23. The van der Waals surface area contributed by atoms with Gasteiger partial charge in [-0.05, 0) is 57.0 Å². The van der Waals surface area contributed by atoms with Crippen LogP contribution in [0, 0.1) is 5.92 Å². The van der Waals surface area contributed by atoms with Gasteiger partial charge in [-0.15, -0.1) is 12.4 Å². The van der Waals surface area contributed by atoms with Crippen molar-refractivity contribution in [1.29, 1.82) is 0 Å².